The molecule has 1 aromatic rings. The number of benzene rings is 1. The molecule has 2 saturated heterocycles. The number of fused-ring (bicyclic) bond motifs is 1. The first-order valence-corrected chi connectivity index (χ1v) is 32.4. The Balaban J connectivity index is 1.54. The summed E-state index contributed by atoms with van der Waals surface area (Å²) in [6.45, 7) is 11.3. The van der Waals surface area contributed by atoms with Gasteiger partial charge in [0.1, 0.15) is 41.8 Å². The molecule has 2 saturated carbocycles. The summed E-state index contributed by atoms with van der Waals surface area (Å²) in [6, 6.07) is -3.21. The summed E-state index contributed by atoms with van der Waals surface area (Å²) in [5.41, 5.74) is -1.93. The second-order valence-electron chi connectivity index (χ2n) is 26.9. The number of carbonyl (C=O) groups excluding carboxylic acids is 11. The zero-order valence-electron chi connectivity index (χ0n) is 55.5. The van der Waals surface area contributed by atoms with Gasteiger partial charge in [-0.25, -0.2) is 0 Å². The Bertz CT molecular complexity index is 2700. The smallest absolute Gasteiger partial charge is 0.351 e. The van der Waals surface area contributed by atoms with E-state index in [2.05, 4.69) is 21.3 Å². The monoisotopic (exact) mass is 1270 g/mol. The highest BCUT2D eigenvalue weighted by molar-refractivity contribution is 5.99. The number of aryl methyl sites for hydroxylation is 1. The van der Waals surface area contributed by atoms with E-state index in [1.807, 2.05) is 34.6 Å². The van der Waals surface area contributed by atoms with Gasteiger partial charge in [-0.1, -0.05) is 105 Å². The van der Waals surface area contributed by atoms with Crippen LogP contribution in [0.4, 0.5) is 13.2 Å². The summed E-state index contributed by atoms with van der Waals surface area (Å²) >= 11 is 0. The highest BCUT2D eigenvalue weighted by Crippen LogP contribution is 2.35. The van der Waals surface area contributed by atoms with E-state index < -0.39 is 150 Å². The first-order chi connectivity index (χ1) is 42.2. The second-order valence-corrected chi connectivity index (χ2v) is 26.9. The molecular weight excluding hydrogens is 1170 g/mol. The summed E-state index contributed by atoms with van der Waals surface area (Å²) in [6.07, 6.45) is 2.71. The molecule has 4 N–H and O–H groups in total. The Morgan fingerprint density at radius 1 is 0.589 bits per heavy atom. The molecule has 2 heterocycles. The molecule has 0 radical (unpaired) electrons. The molecule has 22 nitrogen and oxygen atoms in total. The summed E-state index contributed by atoms with van der Waals surface area (Å²) in [4.78, 5) is 168. The number of amides is 11. The number of nitrogens with one attached hydrogen (secondary N) is 4. The van der Waals surface area contributed by atoms with Gasteiger partial charge in [0.05, 0.1) is 25.2 Å². The molecule has 0 aromatic heterocycles. The lowest BCUT2D eigenvalue weighted by molar-refractivity contribution is -0.149. The van der Waals surface area contributed by atoms with Crippen molar-refractivity contribution >= 4 is 65.0 Å². The zero-order chi connectivity index (χ0) is 67.1. The van der Waals surface area contributed by atoms with E-state index in [0.717, 1.165) is 54.0 Å². The third-order valence-electron chi connectivity index (χ3n) is 18.7. The van der Waals surface area contributed by atoms with Crippen molar-refractivity contribution in [1.29, 1.82) is 0 Å². The number of hydrogen-bond acceptors (Lipinski definition) is 11. The molecule has 1 aromatic carbocycles. The van der Waals surface area contributed by atoms with Crippen molar-refractivity contribution in [3.63, 3.8) is 0 Å². The maximum atomic E-state index is 15.0. The van der Waals surface area contributed by atoms with Crippen LogP contribution in [0.1, 0.15) is 169 Å². The lowest BCUT2D eigenvalue weighted by atomic mass is 9.84. The highest BCUT2D eigenvalue weighted by Gasteiger charge is 2.49. The minimum absolute atomic E-state index is 0.0188. The van der Waals surface area contributed by atoms with Crippen molar-refractivity contribution in [3.05, 3.63) is 35.4 Å². The van der Waals surface area contributed by atoms with E-state index in [-0.39, 0.29) is 82.1 Å². The number of likely N-dealkylation sites (N-methyl/N-ethyl adjacent to an activating group) is 6. The SMILES string of the molecule is CCC(C)[C@@H]1NC(=O)[C@H](CC(C)C)N(C)C(=O)C[C@@H](C)NC(=O)[C@H](CC(C)C)N(C)C(=O)C2(CCCC2)NC(=O)[C@@H]2CCCN2C(=O)[C@H](CCc2ccc(C(F)(F)F)cc2)NC(=O)CN(C)C(=O)[C@H](CC2CCCCC2)N(C)C(=O)CN(C)C(=O)CN(C)C1=O. The Morgan fingerprint density at radius 2 is 1.14 bits per heavy atom. The molecule has 0 bridgehead atoms. The quantitative estimate of drug-likeness (QED) is 0.232. The minimum Gasteiger partial charge on any atom is -0.351 e. The van der Waals surface area contributed by atoms with Gasteiger partial charge in [0.15, 0.2) is 0 Å². The number of nitrogens with zero attached hydrogens (tertiary/aromatic N) is 7. The molecule has 504 valence electrons. The van der Waals surface area contributed by atoms with Gasteiger partial charge in [0.25, 0.3) is 0 Å². The molecule has 90 heavy (non-hydrogen) atoms. The van der Waals surface area contributed by atoms with E-state index in [0.29, 0.717) is 31.2 Å². The van der Waals surface area contributed by atoms with Crippen LogP contribution in [0.3, 0.4) is 0 Å². The predicted molar refractivity (Wildman–Crippen MR) is 332 cm³/mol. The first kappa shape index (κ1) is 73.9. The normalized spacial score (nSPS) is 26.3. The number of alkyl halides is 3. The van der Waals surface area contributed by atoms with Crippen molar-refractivity contribution in [1.82, 2.24) is 55.6 Å². The van der Waals surface area contributed by atoms with Crippen molar-refractivity contribution < 1.29 is 65.9 Å². The standard InChI is InChI=1S/C65H102F3N11O11/c1-14-42(6)56-62(89)75(10)38-54(82)73(8)39-55(83)77(12)51(36-45-21-16-15-17-22-45)61(88)74(9)37-52(80)70-47(29-26-44-24-27-46(28-25-44)65(66,67)68)60(87)79-32-20-23-48(79)59(86)72-64(30-18-19-31-64)63(90)78(13)50(34-41(4)5)57(84)69-43(7)35-53(81)76(11)49(33-40(2)3)58(85)71-56/h24-25,27-28,40-43,45,47-51,56H,14-23,26,29-39H2,1-13H3,(H,69,84)(H,70,80)(H,71,85)(H,72,86)/t42?,43-,47+,48+,49+,50+,51+,56+/m1/s1. The fourth-order valence-corrected chi connectivity index (χ4v) is 12.9. The number of carbonyl (C=O) groups is 11. The summed E-state index contributed by atoms with van der Waals surface area (Å²) < 4.78 is 40.8. The van der Waals surface area contributed by atoms with E-state index in [1.54, 1.807) is 13.8 Å². The molecule has 4 aliphatic rings. The molecule has 8 atom stereocenters. The van der Waals surface area contributed by atoms with Gasteiger partial charge in [-0.3, -0.25) is 52.7 Å². The lowest BCUT2D eigenvalue weighted by Gasteiger charge is -2.39. The van der Waals surface area contributed by atoms with Gasteiger partial charge < -0.3 is 55.6 Å². The van der Waals surface area contributed by atoms with Crippen LogP contribution in [-0.2, 0) is 65.3 Å². The number of rotatable bonds is 11. The van der Waals surface area contributed by atoms with Crippen LogP contribution >= 0.6 is 0 Å². The van der Waals surface area contributed by atoms with Crippen molar-refractivity contribution in [2.75, 3.05) is 68.5 Å². The maximum absolute atomic E-state index is 15.0. The topological polar surface area (TPSA) is 259 Å². The fraction of sp³-hybridized carbons (Fsp3) is 0.738. The lowest BCUT2D eigenvalue weighted by Crippen LogP contribution is -2.64. The Hall–Kier alpha value is -6.82. The van der Waals surface area contributed by atoms with Crippen molar-refractivity contribution in [3.8, 4) is 0 Å². The maximum Gasteiger partial charge on any atom is 0.416 e. The Morgan fingerprint density at radius 3 is 1.72 bits per heavy atom. The molecule has 25 heteroatoms. The Kier molecular flexibility index (Phi) is 27.1. The minimum atomic E-state index is -4.60. The molecule has 5 rings (SSSR count). The largest absolute Gasteiger partial charge is 0.416 e. The van der Waals surface area contributed by atoms with Crippen LogP contribution in [0.2, 0.25) is 0 Å². The van der Waals surface area contributed by atoms with Crippen LogP contribution in [-0.4, -0.2) is 216 Å². The van der Waals surface area contributed by atoms with Crippen LogP contribution in [0, 0.1) is 23.7 Å². The molecular formula is C65H102F3N11O11. The predicted octanol–water partition coefficient (Wildman–Crippen LogP) is 4.90. The number of halogens is 3. The molecule has 2 aliphatic heterocycles. The van der Waals surface area contributed by atoms with Gasteiger partial charge in [-0.15, -0.1) is 0 Å². The van der Waals surface area contributed by atoms with Crippen LogP contribution in [0.25, 0.3) is 0 Å². The van der Waals surface area contributed by atoms with E-state index in [4.69, 9.17) is 0 Å². The van der Waals surface area contributed by atoms with Gasteiger partial charge in [0.2, 0.25) is 65.0 Å². The molecule has 4 fully saturated rings. The van der Waals surface area contributed by atoms with Crippen LogP contribution in [0.5, 0.6) is 0 Å². The zero-order valence-corrected chi connectivity index (χ0v) is 55.5. The fourth-order valence-electron chi connectivity index (χ4n) is 12.9. The van der Waals surface area contributed by atoms with E-state index in [9.17, 15) is 61.1 Å². The van der Waals surface area contributed by atoms with E-state index >= 15 is 4.79 Å². The second kappa shape index (κ2) is 33.0. The summed E-state index contributed by atoms with van der Waals surface area (Å²) in [7, 11) is 8.61. The van der Waals surface area contributed by atoms with Crippen molar-refractivity contribution in [2.45, 2.75) is 218 Å². The van der Waals surface area contributed by atoms with Crippen LogP contribution in [0.15, 0.2) is 24.3 Å². The van der Waals surface area contributed by atoms with Gasteiger partial charge >= 0.3 is 6.18 Å². The van der Waals surface area contributed by atoms with Gasteiger partial charge in [0, 0.05) is 61.3 Å². The molecule has 11 amide bonds. The number of hydrogen-bond donors (Lipinski definition) is 4. The highest BCUT2D eigenvalue weighted by atomic mass is 19.4. The van der Waals surface area contributed by atoms with Gasteiger partial charge in [-0.05, 0) is 106 Å². The summed E-state index contributed by atoms with van der Waals surface area (Å²) in [5, 5.41) is 11.6. The average molecular weight is 1270 g/mol. The third kappa shape index (κ3) is 19.8. The molecule has 2 aliphatic carbocycles. The average Bonchev–Trinajstić information content (AvgIpc) is 1.65. The van der Waals surface area contributed by atoms with Gasteiger partial charge in [-0.2, -0.15) is 13.2 Å². The van der Waals surface area contributed by atoms with Crippen molar-refractivity contribution in [2.24, 2.45) is 23.7 Å². The molecule has 1 spiro atoms. The molecule has 1 unspecified atom stereocenters. The Labute approximate surface area is 530 Å². The van der Waals surface area contributed by atoms with E-state index in [1.165, 1.54) is 78.9 Å². The van der Waals surface area contributed by atoms with Crippen LogP contribution < -0.4 is 21.3 Å². The first-order valence-electron chi connectivity index (χ1n) is 32.4. The summed E-state index contributed by atoms with van der Waals surface area (Å²) in [5.74, 6) is -7.24. The third-order valence-corrected chi connectivity index (χ3v) is 18.7.